The van der Waals surface area contributed by atoms with E-state index in [1.807, 2.05) is 0 Å². The Bertz CT molecular complexity index is 969. The summed E-state index contributed by atoms with van der Waals surface area (Å²) in [5.74, 6) is 0.920. The molecule has 0 saturated heterocycles. The van der Waals surface area contributed by atoms with Gasteiger partial charge >= 0.3 is 0 Å². The molecular formula is C21H28N2O5S. The SMILES string of the molecule is CCN(CC)S(=O)(=O)c1ccc(C)c(C(=O)NCc2cc(OC)ccc2OC)c1. The van der Waals surface area contributed by atoms with Gasteiger partial charge in [-0.05, 0) is 42.8 Å². The molecule has 0 fully saturated rings. The van der Waals surface area contributed by atoms with E-state index in [4.69, 9.17) is 9.47 Å². The van der Waals surface area contributed by atoms with Crippen LogP contribution < -0.4 is 14.8 Å². The quantitative estimate of drug-likeness (QED) is 0.674. The molecule has 1 amide bonds. The first-order valence-electron chi connectivity index (χ1n) is 9.38. The first-order valence-corrected chi connectivity index (χ1v) is 10.8. The van der Waals surface area contributed by atoms with Gasteiger partial charge in [0.15, 0.2) is 0 Å². The third kappa shape index (κ3) is 5.07. The Hall–Kier alpha value is -2.58. The first kappa shape index (κ1) is 22.7. The molecule has 2 rings (SSSR count). The third-order valence-electron chi connectivity index (χ3n) is 4.72. The van der Waals surface area contributed by atoms with Crippen LogP contribution in [-0.4, -0.2) is 45.9 Å². The van der Waals surface area contributed by atoms with Crippen LogP contribution in [0.1, 0.15) is 35.3 Å². The molecule has 0 saturated carbocycles. The van der Waals surface area contributed by atoms with E-state index in [1.54, 1.807) is 59.3 Å². The van der Waals surface area contributed by atoms with E-state index in [2.05, 4.69) is 5.32 Å². The molecule has 8 heteroatoms. The number of methoxy groups -OCH3 is 2. The van der Waals surface area contributed by atoms with Crippen molar-refractivity contribution in [3.05, 3.63) is 53.1 Å². The zero-order valence-electron chi connectivity index (χ0n) is 17.5. The fourth-order valence-electron chi connectivity index (χ4n) is 3.01. The zero-order valence-corrected chi connectivity index (χ0v) is 18.3. The van der Waals surface area contributed by atoms with E-state index in [0.717, 1.165) is 5.56 Å². The lowest BCUT2D eigenvalue weighted by molar-refractivity contribution is 0.0950. The van der Waals surface area contributed by atoms with Crippen LogP contribution in [0.25, 0.3) is 0 Å². The fourth-order valence-corrected chi connectivity index (χ4v) is 4.49. The number of sulfonamides is 1. The van der Waals surface area contributed by atoms with Crippen molar-refractivity contribution in [2.24, 2.45) is 0 Å². The smallest absolute Gasteiger partial charge is 0.251 e. The summed E-state index contributed by atoms with van der Waals surface area (Å²) in [5, 5.41) is 2.84. The van der Waals surface area contributed by atoms with Crippen LogP contribution in [-0.2, 0) is 16.6 Å². The van der Waals surface area contributed by atoms with Gasteiger partial charge < -0.3 is 14.8 Å². The molecule has 0 unspecified atom stereocenters. The van der Waals surface area contributed by atoms with Crippen molar-refractivity contribution in [3.63, 3.8) is 0 Å². The van der Waals surface area contributed by atoms with Crippen molar-refractivity contribution >= 4 is 15.9 Å². The number of aryl methyl sites for hydroxylation is 1. The van der Waals surface area contributed by atoms with Crippen molar-refractivity contribution in [2.45, 2.75) is 32.2 Å². The van der Waals surface area contributed by atoms with E-state index in [9.17, 15) is 13.2 Å². The van der Waals surface area contributed by atoms with Crippen LogP contribution in [0.3, 0.4) is 0 Å². The summed E-state index contributed by atoms with van der Waals surface area (Å²) in [6, 6.07) is 9.94. The Morgan fingerprint density at radius 3 is 2.31 bits per heavy atom. The maximum absolute atomic E-state index is 12.8. The van der Waals surface area contributed by atoms with E-state index < -0.39 is 10.0 Å². The van der Waals surface area contributed by atoms with Gasteiger partial charge in [0.25, 0.3) is 5.91 Å². The second-order valence-electron chi connectivity index (χ2n) is 6.43. The molecule has 0 aromatic heterocycles. The van der Waals surface area contributed by atoms with Gasteiger partial charge in [-0.15, -0.1) is 0 Å². The Kier molecular flexibility index (Phi) is 7.64. The number of rotatable bonds is 9. The molecule has 0 aliphatic heterocycles. The van der Waals surface area contributed by atoms with Crippen LogP contribution in [0, 0.1) is 6.92 Å². The Morgan fingerprint density at radius 2 is 1.72 bits per heavy atom. The second kappa shape index (κ2) is 9.76. The summed E-state index contributed by atoms with van der Waals surface area (Å²) in [5.41, 5.74) is 1.77. The van der Waals surface area contributed by atoms with Gasteiger partial charge in [-0.2, -0.15) is 4.31 Å². The highest BCUT2D eigenvalue weighted by Gasteiger charge is 2.23. The minimum atomic E-state index is -3.64. The van der Waals surface area contributed by atoms with Crippen LogP contribution >= 0.6 is 0 Å². The molecule has 2 aromatic carbocycles. The van der Waals surface area contributed by atoms with Gasteiger partial charge in [0.2, 0.25) is 10.0 Å². The molecule has 0 radical (unpaired) electrons. The predicted octanol–water partition coefficient (Wildman–Crippen LogP) is 2.97. The Balaban J connectivity index is 2.28. The van der Waals surface area contributed by atoms with E-state index in [0.29, 0.717) is 35.7 Å². The summed E-state index contributed by atoms with van der Waals surface area (Å²) in [6.45, 7) is 6.28. The van der Waals surface area contributed by atoms with Gasteiger partial charge in [-0.3, -0.25) is 4.79 Å². The van der Waals surface area contributed by atoms with Crippen LogP contribution in [0.2, 0.25) is 0 Å². The van der Waals surface area contributed by atoms with Gasteiger partial charge in [-0.25, -0.2) is 8.42 Å². The van der Waals surface area contributed by atoms with E-state index in [-0.39, 0.29) is 17.3 Å². The van der Waals surface area contributed by atoms with Crippen molar-refractivity contribution in [2.75, 3.05) is 27.3 Å². The lowest BCUT2D eigenvalue weighted by Gasteiger charge is -2.19. The molecule has 29 heavy (non-hydrogen) atoms. The number of ether oxygens (including phenoxy) is 2. The summed E-state index contributed by atoms with van der Waals surface area (Å²) < 4.78 is 37.5. The standard InChI is InChI=1S/C21H28N2O5S/c1-6-23(7-2)29(25,26)18-10-8-15(3)19(13-18)21(24)22-14-16-12-17(27-4)9-11-20(16)28-5/h8-13H,6-7,14H2,1-5H3,(H,22,24). The number of benzene rings is 2. The third-order valence-corrected chi connectivity index (χ3v) is 6.77. The maximum Gasteiger partial charge on any atom is 0.251 e. The monoisotopic (exact) mass is 420 g/mol. The fraction of sp³-hybridized carbons (Fsp3) is 0.381. The summed E-state index contributed by atoms with van der Waals surface area (Å²) >= 11 is 0. The molecule has 0 aliphatic carbocycles. The first-order chi connectivity index (χ1) is 13.8. The number of nitrogens with one attached hydrogen (secondary N) is 1. The summed E-state index contributed by atoms with van der Waals surface area (Å²) in [7, 11) is -0.525. The minimum Gasteiger partial charge on any atom is -0.497 e. The maximum atomic E-state index is 12.8. The van der Waals surface area contributed by atoms with Crippen molar-refractivity contribution in [1.29, 1.82) is 0 Å². The minimum absolute atomic E-state index is 0.107. The molecule has 0 spiro atoms. The number of nitrogens with zero attached hydrogens (tertiary/aromatic N) is 1. The normalized spacial score (nSPS) is 11.4. The van der Waals surface area contributed by atoms with Gasteiger partial charge in [0.05, 0.1) is 19.1 Å². The summed E-state index contributed by atoms with van der Waals surface area (Å²) in [6.07, 6.45) is 0. The highest BCUT2D eigenvalue weighted by atomic mass is 32.2. The average Bonchev–Trinajstić information content (AvgIpc) is 2.72. The lowest BCUT2D eigenvalue weighted by Crippen LogP contribution is -2.31. The van der Waals surface area contributed by atoms with E-state index in [1.165, 1.54) is 16.4 Å². The number of carbonyl (C=O) groups excluding carboxylic acids is 1. The average molecular weight is 421 g/mol. The highest BCUT2D eigenvalue weighted by Crippen LogP contribution is 2.24. The largest absolute Gasteiger partial charge is 0.497 e. The molecule has 0 heterocycles. The van der Waals surface area contributed by atoms with Gasteiger partial charge in [0, 0.05) is 30.8 Å². The predicted molar refractivity (Wildman–Crippen MR) is 112 cm³/mol. The Morgan fingerprint density at radius 1 is 1.03 bits per heavy atom. The van der Waals surface area contributed by atoms with Crippen molar-refractivity contribution in [1.82, 2.24) is 9.62 Å². The molecule has 1 N–H and O–H groups in total. The second-order valence-corrected chi connectivity index (χ2v) is 8.36. The van der Waals surface area contributed by atoms with Gasteiger partial charge in [-0.1, -0.05) is 19.9 Å². The summed E-state index contributed by atoms with van der Waals surface area (Å²) in [4.78, 5) is 12.9. The Labute approximate surface area is 172 Å². The highest BCUT2D eigenvalue weighted by molar-refractivity contribution is 7.89. The van der Waals surface area contributed by atoms with Crippen molar-refractivity contribution < 1.29 is 22.7 Å². The van der Waals surface area contributed by atoms with Crippen LogP contribution in [0.5, 0.6) is 11.5 Å². The molecule has 0 aliphatic rings. The molecular weight excluding hydrogens is 392 g/mol. The molecule has 0 bridgehead atoms. The number of amides is 1. The number of hydrogen-bond donors (Lipinski definition) is 1. The molecule has 7 nitrogen and oxygen atoms in total. The molecule has 2 aromatic rings. The number of hydrogen-bond acceptors (Lipinski definition) is 5. The zero-order chi connectivity index (χ0) is 21.6. The van der Waals surface area contributed by atoms with Crippen molar-refractivity contribution in [3.8, 4) is 11.5 Å². The van der Waals surface area contributed by atoms with E-state index >= 15 is 0 Å². The number of carbonyl (C=O) groups is 1. The molecule has 0 atom stereocenters. The lowest BCUT2D eigenvalue weighted by atomic mass is 10.1. The van der Waals surface area contributed by atoms with Crippen LogP contribution in [0.15, 0.2) is 41.3 Å². The topological polar surface area (TPSA) is 84.9 Å². The van der Waals surface area contributed by atoms with Gasteiger partial charge in [0.1, 0.15) is 11.5 Å². The molecule has 158 valence electrons. The van der Waals surface area contributed by atoms with Crippen LogP contribution in [0.4, 0.5) is 0 Å².